The highest BCUT2D eigenvalue weighted by atomic mass is 19.1. The molecule has 0 saturated carbocycles. The Morgan fingerprint density at radius 2 is 1.85 bits per heavy atom. The van der Waals surface area contributed by atoms with Crippen LogP contribution in [-0.2, 0) is 4.74 Å². The Kier molecular flexibility index (Phi) is 4.94. The third-order valence-electron chi connectivity index (χ3n) is 5.45. The van der Waals surface area contributed by atoms with Crippen molar-refractivity contribution >= 4 is 5.91 Å². The largest absolute Gasteiger partial charge is 0.497 e. The lowest BCUT2D eigenvalue weighted by atomic mass is 9.75. The molecule has 0 aromatic heterocycles. The van der Waals surface area contributed by atoms with Gasteiger partial charge < -0.3 is 24.6 Å². The molecule has 2 aliphatic rings. The molecular weight excluding hydrogens is 348 g/mol. The Morgan fingerprint density at radius 1 is 1.27 bits per heavy atom. The Hall–Kier alpha value is -1.77. The fraction of sp³-hybridized carbons (Fsp3) is 0.611. The standard InChI is InChI=1S/C18H23F2NO5/c1-17(24)5-8-26-18(16(17)23)3-6-21(7-4-18)15(22)14-12(19)9-11(25-2)10-13(14)20/h9-10,16,23-24H,3-8H2,1-2H3/t16-,17+/m0/s1. The van der Waals surface area contributed by atoms with Crippen molar-refractivity contribution in [2.75, 3.05) is 26.8 Å². The Bertz CT molecular complexity index is 678. The van der Waals surface area contributed by atoms with Crippen molar-refractivity contribution in [2.45, 2.75) is 43.5 Å². The van der Waals surface area contributed by atoms with E-state index in [1.165, 1.54) is 12.0 Å². The molecule has 2 atom stereocenters. The van der Waals surface area contributed by atoms with E-state index in [1.807, 2.05) is 0 Å². The monoisotopic (exact) mass is 371 g/mol. The normalized spacial score (nSPS) is 28.2. The van der Waals surface area contributed by atoms with E-state index in [2.05, 4.69) is 0 Å². The molecule has 1 amide bonds. The number of nitrogens with zero attached hydrogens (tertiary/aromatic N) is 1. The van der Waals surface area contributed by atoms with Gasteiger partial charge in [0.2, 0.25) is 0 Å². The zero-order valence-corrected chi connectivity index (χ0v) is 14.8. The number of rotatable bonds is 2. The first-order valence-corrected chi connectivity index (χ1v) is 8.57. The molecule has 1 aromatic carbocycles. The van der Waals surface area contributed by atoms with E-state index in [0.717, 1.165) is 12.1 Å². The first-order valence-electron chi connectivity index (χ1n) is 8.57. The lowest BCUT2D eigenvalue weighted by Gasteiger charge is -2.51. The van der Waals surface area contributed by atoms with Gasteiger partial charge in [0.15, 0.2) is 0 Å². The van der Waals surface area contributed by atoms with Gasteiger partial charge in [-0.2, -0.15) is 0 Å². The molecule has 2 aliphatic heterocycles. The summed E-state index contributed by atoms with van der Waals surface area (Å²) < 4.78 is 38.8. The Labute approximate surface area is 150 Å². The average molecular weight is 371 g/mol. The van der Waals surface area contributed by atoms with Gasteiger partial charge in [-0.25, -0.2) is 8.78 Å². The minimum Gasteiger partial charge on any atom is -0.497 e. The Balaban J connectivity index is 1.75. The topological polar surface area (TPSA) is 79.2 Å². The SMILES string of the molecule is COc1cc(F)c(C(=O)N2CCC3(CC2)OCC[C@@](C)(O)[C@@H]3O)c(F)c1. The molecule has 0 aliphatic carbocycles. The summed E-state index contributed by atoms with van der Waals surface area (Å²) in [5, 5.41) is 20.8. The summed E-state index contributed by atoms with van der Waals surface area (Å²) in [6.45, 7) is 2.19. The van der Waals surface area contributed by atoms with Gasteiger partial charge in [0, 0.05) is 31.6 Å². The van der Waals surface area contributed by atoms with Crippen LogP contribution >= 0.6 is 0 Å². The van der Waals surface area contributed by atoms with Crippen molar-refractivity contribution < 1.29 is 33.3 Å². The first-order chi connectivity index (χ1) is 12.2. The van der Waals surface area contributed by atoms with Gasteiger partial charge in [-0.3, -0.25) is 4.79 Å². The molecule has 0 radical (unpaired) electrons. The van der Waals surface area contributed by atoms with Crippen LogP contribution in [0.2, 0.25) is 0 Å². The van der Waals surface area contributed by atoms with Crippen molar-refractivity contribution in [1.29, 1.82) is 0 Å². The van der Waals surface area contributed by atoms with E-state index in [0.29, 0.717) is 13.0 Å². The number of likely N-dealkylation sites (tertiary alicyclic amines) is 1. The molecule has 8 heteroatoms. The predicted molar refractivity (Wildman–Crippen MR) is 88.0 cm³/mol. The van der Waals surface area contributed by atoms with E-state index in [-0.39, 0.29) is 31.7 Å². The third-order valence-corrected chi connectivity index (χ3v) is 5.45. The van der Waals surface area contributed by atoms with E-state index in [4.69, 9.17) is 9.47 Å². The molecule has 1 spiro atoms. The lowest BCUT2D eigenvalue weighted by Crippen LogP contribution is -2.64. The van der Waals surface area contributed by atoms with Gasteiger partial charge in [-0.15, -0.1) is 0 Å². The third kappa shape index (κ3) is 3.17. The number of carbonyl (C=O) groups is 1. The highest BCUT2D eigenvalue weighted by Crippen LogP contribution is 2.40. The minimum absolute atomic E-state index is 0.00453. The van der Waals surface area contributed by atoms with Crippen LogP contribution in [0.1, 0.15) is 36.5 Å². The summed E-state index contributed by atoms with van der Waals surface area (Å²) >= 11 is 0. The van der Waals surface area contributed by atoms with E-state index >= 15 is 0 Å². The summed E-state index contributed by atoms with van der Waals surface area (Å²) in [5.41, 5.74) is -2.84. The molecule has 0 bridgehead atoms. The zero-order valence-electron chi connectivity index (χ0n) is 14.8. The van der Waals surface area contributed by atoms with Gasteiger partial charge in [0.05, 0.1) is 19.3 Å². The number of ether oxygens (including phenoxy) is 2. The van der Waals surface area contributed by atoms with Gasteiger partial charge in [-0.05, 0) is 19.8 Å². The minimum atomic E-state index is -1.27. The number of aliphatic hydroxyl groups is 2. The molecule has 2 heterocycles. The van der Waals surface area contributed by atoms with Crippen LogP contribution in [0.3, 0.4) is 0 Å². The first kappa shape index (κ1) is 19.0. The summed E-state index contributed by atoms with van der Waals surface area (Å²) in [7, 11) is 1.28. The van der Waals surface area contributed by atoms with Gasteiger partial charge in [0.1, 0.15) is 34.7 Å². The maximum Gasteiger partial charge on any atom is 0.259 e. The van der Waals surface area contributed by atoms with E-state index < -0.39 is 40.4 Å². The number of methoxy groups -OCH3 is 1. The second-order valence-corrected chi connectivity index (χ2v) is 7.18. The fourth-order valence-corrected chi connectivity index (χ4v) is 3.78. The highest BCUT2D eigenvalue weighted by Gasteiger charge is 2.53. The number of halogens is 2. The van der Waals surface area contributed by atoms with Crippen molar-refractivity contribution in [1.82, 2.24) is 4.90 Å². The zero-order chi connectivity index (χ0) is 19.1. The van der Waals surface area contributed by atoms with Gasteiger partial charge in [0.25, 0.3) is 5.91 Å². The summed E-state index contributed by atoms with van der Waals surface area (Å²) in [6.07, 6.45) is -0.221. The number of piperidine rings is 1. The second kappa shape index (κ2) is 6.75. The summed E-state index contributed by atoms with van der Waals surface area (Å²) in [5.74, 6) is -2.72. The summed E-state index contributed by atoms with van der Waals surface area (Å²) in [6, 6.07) is 1.93. The molecule has 26 heavy (non-hydrogen) atoms. The molecule has 0 unspecified atom stereocenters. The van der Waals surface area contributed by atoms with E-state index in [9.17, 15) is 23.8 Å². The molecule has 2 saturated heterocycles. The maximum atomic E-state index is 14.1. The molecule has 2 fully saturated rings. The molecule has 1 aromatic rings. The fourth-order valence-electron chi connectivity index (χ4n) is 3.78. The van der Waals surface area contributed by atoms with Crippen molar-refractivity contribution in [3.8, 4) is 5.75 Å². The molecule has 144 valence electrons. The number of aliphatic hydroxyl groups excluding tert-OH is 1. The Morgan fingerprint density at radius 3 is 2.38 bits per heavy atom. The number of hydrogen-bond acceptors (Lipinski definition) is 5. The molecular formula is C18H23F2NO5. The highest BCUT2D eigenvalue weighted by molar-refractivity contribution is 5.95. The van der Waals surface area contributed by atoms with Crippen LogP contribution in [0.4, 0.5) is 8.78 Å². The van der Waals surface area contributed by atoms with Crippen LogP contribution < -0.4 is 4.74 Å². The number of benzene rings is 1. The van der Waals surface area contributed by atoms with Gasteiger partial charge in [-0.1, -0.05) is 0 Å². The lowest BCUT2D eigenvalue weighted by molar-refractivity contribution is -0.244. The quantitative estimate of drug-likeness (QED) is 0.823. The van der Waals surface area contributed by atoms with Crippen molar-refractivity contribution in [3.63, 3.8) is 0 Å². The average Bonchev–Trinajstić information content (AvgIpc) is 2.59. The number of hydrogen-bond donors (Lipinski definition) is 2. The van der Waals surface area contributed by atoms with Gasteiger partial charge >= 0.3 is 0 Å². The predicted octanol–water partition coefficient (Wildman–Crippen LogP) is 1.48. The summed E-state index contributed by atoms with van der Waals surface area (Å²) in [4.78, 5) is 13.9. The number of carbonyl (C=O) groups excluding carboxylic acids is 1. The molecule has 2 N–H and O–H groups in total. The second-order valence-electron chi connectivity index (χ2n) is 7.18. The molecule has 6 nitrogen and oxygen atoms in total. The smallest absolute Gasteiger partial charge is 0.259 e. The van der Waals surface area contributed by atoms with Crippen molar-refractivity contribution in [2.24, 2.45) is 0 Å². The van der Waals surface area contributed by atoms with Crippen LogP contribution in [0.25, 0.3) is 0 Å². The molecule has 3 rings (SSSR count). The van der Waals surface area contributed by atoms with Crippen LogP contribution in [0, 0.1) is 11.6 Å². The van der Waals surface area contributed by atoms with E-state index in [1.54, 1.807) is 6.92 Å². The number of amides is 1. The van der Waals surface area contributed by atoms with Crippen LogP contribution in [0.15, 0.2) is 12.1 Å². The van der Waals surface area contributed by atoms with Crippen molar-refractivity contribution in [3.05, 3.63) is 29.3 Å². The van der Waals surface area contributed by atoms with Crippen LogP contribution in [-0.4, -0.2) is 65.1 Å². The van der Waals surface area contributed by atoms with Crippen LogP contribution in [0.5, 0.6) is 5.75 Å². The maximum absolute atomic E-state index is 14.1.